The molecule has 2 aromatic rings. The number of hydrogen-bond donors (Lipinski definition) is 3. The normalized spacial score (nSPS) is 24.0. The first-order chi connectivity index (χ1) is 22.5. The maximum absolute atomic E-state index is 14.3. The molecule has 14 heteroatoms. The molecule has 4 amide bonds. The molecule has 0 radical (unpaired) electrons. The number of alkyl halides is 3. The molecule has 3 aliphatic rings. The minimum Gasteiger partial charge on any atom is -0.444 e. The molecule has 2 fully saturated rings. The molecule has 2 aromatic carbocycles. The zero-order chi connectivity index (χ0) is 35.2. The number of likely N-dealkylation sites (N-methyl/N-ethyl adjacent to an activating group) is 1. The van der Waals surface area contributed by atoms with Crippen LogP contribution in [0.2, 0.25) is 0 Å². The first-order valence-electron chi connectivity index (χ1n) is 15.6. The molecule has 5 atom stereocenters. The molecular weight excluding hydrogens is 634 g/mol. The molecule has 0 spiro atoms. The molecule has 1 aliphatic carbocycles. The number of hydrogen-bond acceptors (Lipinski definition) is 6. The fourth-order valence-corrected chi connectivity index (χ4v) is 6.43. The first-order valence-corrected chi connectivity index (χ1v) is 15.6. The van der Waals surface area contributed by atoms with Gasteiger partial charge in [-0.15, -0.1) is 6.58 Å². The van der Waals surface area contributed by atoms with E-state index in [9.17, 15) is 36.7 Å². The third-order valence-corrected chi connectivity index (χ3v) is 9.19. The zero-order valence-electron chi connectivity index (χ0n) is 27.1. The van der Waals surface area contributed by atoms with E-state index in [0.717, 1.165) is 12.1 Å². The molecule has 0 bridgehead atoms. The number of benzene rings is 2. The topological polar surface area (TPSA) is 120 Å². The molecule has 2 aliphatic heterocycles. The van der Waals surface area contributed by atoms with Crippen molar-refractivity contribution in [3.63, 3.8) is 0 Å². The van der Waals surface area contributed by atoms with Crippen molar-refractivity contribution >= 4 is 29.5 Å². The molecule has 0 aromatic heterocycles. The summed E-state index contributed by atoms with van der Waals surface area (Å²) in [5, 5.41) is 8.27. The summed E-state index contributed by atoms with van der Waals surface area (Å²) >= 11 is 0. The molecule has 3 N–H and O–H groups in total. The van der Waals surface area contributed by atoms with E-state index in [-0.39, 0.29) is 37.7 Å². The lowest BCUT2D eigenvalue weighted by atomic mass is 9.85. The smallest absolute Gasteiger partial charge is 0.416 e. The van der Waals surface area contributed by atoms with Crippen molar-refractivity contribution < 1.29 is 41.5 Å². The van der Waals surface area contributed by atoms with E-state index in [1.807, 2.05) is 0 Å². The number of fused-ring (bicyclic) bond motifs is 1. The molecule has 5 unspecified atom stereocenters. The lowest BCUT2D eigenvalue weighted by Gasteiger charge is -2.36. The van der Waals surface area contributed by atoms with Gasteiger partial charge in [0.15, 0.2) is 0 Å². The Labute approximate surface area is 275 Å². The zero-order valence-corrected chi connectivity index (χ0v) is 27.1. The summed E-state index contributed by atoms with van der Waals surface area (Å²) in [6.45, 7) is 8.82. The minimum absolute atomic E-state index is 0.00921. The van der Waals surface area contributed by atoms with Crippen LogP contribution >= 0.6 is 0 Å². The molecule has 1 saturated carbocycles. The average Bonchev–Trinajstić information content (AvgIpc) is 3.33. The van der Waals surface area contributed by atoms with E-state index in [4.69, 9.17) is 4.74 Å². The van der Waals surface area contributed by atoms with E-state index in [1.165, 1.54) is 35.0 Å². The maximum atomic E-state index is 14.3. The summed E-state index contributed by atoms with van der Waals surface area (Å²) in [4.78, 5) is 56.8. The molecule has 10 nitrogen and oxygen atoms in total. The van der Waals surface area contributed by atoms with Crippen LogP contribution in [0.1, 0.15) is 50.3 Å². The van der Waals surface area contributed by atoms with Gasteiger partial charge in [-0.25, -0.2) is 9.18 Å². The van der Waals surface area contributed by atoms with E-state index in [0.29, 0.717) is 17.5 Å². The van der Waals surface area contributed by atoms with Gasteiger partial charge in [-0.1, -0.05) is 45.0 Å². The highest BCUT2D eigenvalue weighted by Gasteiger charge is 2.60. The molecule has 2 heterocycles. The van der Waals surface area contributed by atoms with Crippen molar-refractivity contribution in [1.82, 2.24) is 20.4 Å². The van der Waals surface area contributed by atoms with Crippen LogP contribution in [0.25, 0.3) is 0 Å². The summed E-state index contributed by atoms with van der Waals surface area (Å²) in [7, 11) is 1.44. The summed E-state index contributed by atoms with van der Waals surface area (Å²) in [6.07, 6.45) is -4.57. The third kappa shape index (κ3) is 6.83. The van der Waals surface area contributed by atoms with E-state index < -0.39 is 70.5 Å². The summed E-state index contributed by atoms with van der Waals surface area (Å²) in [6, 6.07) is 6.71. The van der Waals surface area contributed by atoms with Gasteiger partial charge in [-0.05, 0) is 41.7 Å². The Bertz CT molecular complexity index is 1630. The van der Waals surface area contributed by atoms with Crippen LogP contribution in [-0.2, 0) is 38.4 Å². The van der Waals surface area contributed by atoms with Gasteiger partial charge in [-0.3, -0.25) is 19.3 Å². The molecule has 258 valence electrons. The van der Waals surface area contributed by atoms with Crippen LogP contribution < -0.4 is 16.0 Å². The highest BCUT2D eigenvalue weighted by molar-refractivity contribution is 5.98. The van der Waals surface area contributed by atoms with Crippen LogP contribution in [0, 0.1) is 17.2 Å². The van der Waals surface area contributed by atoms with Crippen molar-refractivity contribution in [1.29, 1.82) is 0 Å². The van der Waals surface area contributed by atoms with Crippen molar-refractivity contribution in [2.45, 2.75) is 76.6 Å². The van der Waals surface area contributed by atoms with Crippen molar-refractivity contribution in [2.24, 2.45) is 11.3 Å². The van der Waals surface area contributed by atoms with Crippen LogP contribution in [0.3, 0.4) is 0 Å². The number of halogens is 4. The lowest BCUT2D eigenvalue weighted by Crippen LogP contribution is -2.57. The fraction of sp³-hybridized carbons (Fsp3) is 0.471. The number of nitrogens with one attached hydrogen (secondary N) is 3. The number of amides is 4. The highest BCUT2D eigenvalue weighted by Crippen LogP contribution is 2.45. The van der Waals surface area contributed by atoms with Gasteiger partial charge in [0.25, 0.3) is 0 Å². The second-order valence-electron chi connectivity index (χ2n) is 13.6. The van der Waals surface area contributed by atoms with Crippen molar-refractivity contribution in [3.05, 3.63) is 77.6 Å². The molecule has 1 saturated heterocycles. The van der Waals surface area contributed by atoms with E-state index in [1.54, 1.807) is 39.0 Å². The van der Waals surface area contributed by atoms with Crippen LogP contribution in [0.5, 0.6) is 0 Å². The Morgan fingerprint density at radius 2 is 1.79 bits per heavy atom. The van der Waals surface area contributed by atoms with Gasteiger partial charge in [-0.2, -0.15) is 13.2 Å². The van der Waals surface area contributed by atoms with Gasteiger partial charge in [0.1, 0.15) is 29.5 Å². The van der Waals surface area contributed by atoms with Crippen molar-refractivity contribution in [2.75, 3.05) is 18.9 Å². The monoisotopic (exact) mass is 673 g/mol. The van der Waals surface area contributed by atoms with Gasteiger partial charge >= 0.3 is 12.3 Å². The summed E-state index contributed by atoms with van der Waals surface area (Å²) < 4.78 is 60.5. The lowest BCUT2D eigenvalue weighted by molar-refractivity contribution is -0.141. The van der Waals surface area contributed by atoms with Crippen LogP contribution in [0.15, 0.2) is 55.1 Å². The number of anilines is 1. The summed E-state index contributed by atoms with van der Waals surface area (Å²) in [5.41, 5.74) is -1.95. The van der Waals surface area contributed by atoms with Crippen molar-refractivity contribution in [3.8, 4) is 0 Å². The Morgan fingerprint density at radius 1 is 1.08 bits per heavy atom. The third-order valence-electron chi connectivity index (χ3n) is 9.19. The van der Waals surface area contributed by atoms with E-state index in [2.05, 4.69) is 22.5 Å². The Kier molecular flexibility index (Phi) is 9.23. The van der Waals surface area contributed by atoms with Gasteiger partial charge in [0.05, 0.1) is 18.7 Å². The molecule has 5 rings (SSSR count). The Morgan fingerprint density at radius 3 is 2.40 bits per heavy atom. The Hall–Kier alpha value is -4.62. The number of ether oxygens (including phenoxy) is 1. The second kappa shape index (κ2) is 12.8. The van der Waals surface area contributed by atoms with Gasteiger partial charge < -0.3 is 25.6 Å². The summed E-state index contributed by atoms with van der Waals surface area (Å²) in [5.74, 6) is -2.49. The highest BCUT2D eigenvalue weighted by atomic mass is 19.4. The predicted molar refractivity (Wildman–Crippen MR) is 168 cm³/mol. The number of carbonyl (C=O) groups is 4. The number of rotatable bonds is 8. The van der Waals surface area contributed by atoms with Crippen LogP contribution in [0.4, 0.5) is 28.0 Å². The number of carbonyl (C=O) groups excluding carboxylic acids is 4. The first kappa shape index (κ1) is 34.7. The van der Waals surface area contributed by atoms with E-state index >= 15 is 0 Å². The van der Waals surface area contributed by atoms with Crippen LogP contribution in [-0.4, -0.2) is 70.9 Å². The fourth-order valence-electron chi connectivity index (χ4n) is 6.43. The van der Waals surface area contributed by atoms with Gasteiger partial charge in [0.2, 0.25) is 17.7 Å². The van der Waals surface area contributed by atoms with Gasteiger partial charge in [0, 0.05) is 37.2 Å². The molecule has 48 heavy (non-hydrogen) atoms. The number of nitrogens with zero attached hydrogens (tertiary/aromatic N) is 2. The standard InChI is InChI=1S/C34H39F4N5O5/c1-6-20-15-33(20,30(46)39-5)41-28(44)26-14-23(48-31(47)42-16-19-9-7-12-25(35)24(19)18-42)17-43(26)29(45)27(32(2,3)4)40-22-11-8-10-21(13-22)34(36,37)38/h6-13,20,23,26-27,40H,1,14-18H2,2-5H3,(H,39,46)(H,41,44). The average molecular weight is 674 g/mol. The molecular formula is C34H39F4N5O5. The predicted octanol–water partition coefficient (Wildman–Crippen LogP) is 4.60. The SMILES string of the molecule is C=CC1CC1(NC(=O)C1CC(OC(=O)N2Cc3cccc(F)c3C2)CN1C(=O)C(Nc1cccc(C(F)(F)F)c1)C(C)(C)C)C(=O)NC. The Balaban J connectivity index is 1.40. The largest absolute Gasteiger partial charge is 0.444 e. The maximum Gasteiger partial charge on any atom is 0.416 e. The minimum atomic E-state index is -4.61. The number of likely N-dealkylation sites (tertiary alicyclic amines) is 1. The quantitative estimate of drug-likeness (QED) is 0.279. The second-order valence-corrected chi connectivity index (χ2v) is 13.6.